The van der Waals surface area contributed by atoms with Gasteiger partial charge in [0.25, 0.3) is 5.69 Å². The van der Waals surface area contributed by atoms with Crippen LogP contribution in [0.3, 0.4) is 0 Å². The Morgan fingerprint density at radius 1 is 1.42 bits per heavy atom. The Kier molecular flexibility index (Phi) is 8.29. The molecule has 0 heterocycles. The summed E-state index contributed by atoms with van der Waals surface area (Å²) < 4.78 is 32.1. The monoisotopic (exact) mass is 422 g/mol. The molecule has 0 aliphatic rings. The van der Waals surface area contributed by atoms with Crippen molar-refractivity contribution in [3.8, 4) is 0 Å². The summed E-state index contributed by atoms with van der Waals surface area (Å²) in [7, 11) is -4.25. The van der Waals surface area contributed by atoms with Crippen LogP contribution in [0, 0.1) is 10.1 Å². The number of rotatable bonds is 10. The van der Waals surface area contributed by atoms with E-state index < -0.39 is 37.5 Å². The number of sulfonamides is 1. The lowest BCUT2D eigenvalue weighted by Crippen LogP contribution is -2.42. The van der Waals surface area contributed by atoms with Crippen molar-refractivity contribution in [2.45, 2.75) is 37.1 Å². The van der Waals surface area contributed by atoms with E-state index >= 15 is 0 Å². The quantitative estimate of drug-likeness (QED) is 0.203. The van der Waals surface area contributed by atoms with Crippen molar-refractivity contribution < 1.29 is 22.9 Å². The Labute approximate surface area is 148 Å². The van der Waals surface area contributed by atoms with Gasteiger partial charge in [-0.25, -0.2) is 8.42 Å². The smallest absolute Gasteiger partial charge is 0.324 e. The summed E-state index contributed by atoms with van der Waals surface area (Å²) in [4.78, 5) is 21.8. The average Bonchev–Trinajstić information content (AvgIpc) is 2.54. The van der Waals surface area contributed by atoms with E-state index in [1.165, 1.54) is 12.1 Å². The van der Waals surface area contributed by atoms with E-state index in [1.54, 1.807) is 0 Å². The SMILES string of the molecule is CCCCOC(=O)[C@H](CCBr)NS(=O)(=O)c1ccccc1[N+](=O)[O-]. The molecule has 1 rings (SSSR count). The Hall–Kier alpha value is -1.52. The predicted molar refractivity (Wildman–Crippen MR) is 91.5 cm³/mol. The van der Waals surface area contributed by atoms with Gasteiger partial charge in [-0.2, -0.15) is 4.72 Å². The van der Waals surface area contributed by atoms with Crippen molar-refractivity contribution in [3.63, 3.8) is 0 Å². The molecular formula is C14H19BrN2O6S. The first-order valence-corrected chi connectivity index (χ1v) is 9.92. The zero-order valence-corrected chi connectivity index (χ0v) is 15.5. The summed E-state index contributed by atoms with van der Waals surface area (Å²) in [6.45, 7) is 2.13. The van der Waals surface area contributed by atoms with Crippen molar-refractivity contribution in [3.05, 3.63) is 34.4 Å². The van der Waals surface area contributed by atoms with E-state index in [0.717, 1.165) is 18.6 Å². The normalized spacial score (nSPS) is 12.6. The van der Waals surface area contributed by atoms with Gasteiger partial charge in [-0.1, -0.05) is 41.4 Å². The molecule has 0 aliphatic carbocycles. The standard InChI is InChI=1S/C14H19BrN2O6S/c1-2-3-10-23-14(18)11(8-9-15)16-24(21,22)13-7-5-4-6-12(13)17(19)20/h4-7,11,16H,2-3,8-10H2,1H3/t11-/m0/s1. The average molecular weight is 423 g/mol. The van der Waals surface area contributed by atoms with Gasteiger partial charge >= 0.3 is 5.97 Å². The first-order chi connectivity index (χ1) is 11.3. The van der Waals surface area contributed by atoms with E-state index in [0.29, 0.717) is 11.8 Å². The van der Waals surface area contributed by atoms with Crippen LogP contribution < -0.4 is 4.72 Å². The number of unbranched alkanes of at least 4 members (excludes halogenated alkanes) is 1. The summed E-state index contributed by atoms with van der Waals surface area (Å²) >= 11 is 3.15. The van der Waals surface area contributed by atoms with Crippen LogP contribution in [0.15, 0.2) is 29.2 Å². The molecule has 24 heavy (non-hydrogen) atoms. The van der Waals surface area contributed by atoms with Gasteiger partial charge in [-0.15, -0.1) is 0 Å². The lowest BCUT2D eigenvalue weighted by atomic mass is 10.2. The molecule has 0 saturated heterocycles. The molecule has 134 valence electrons. The highest BCUT2D eigenvalue weighted by Gasteiger charge is 2.31. The summed E-state index contributed by atoms with van der Waals surface area (Å²) in [6, 6.07) is 3.83. The maximum atomic E-state index is 12.4. The van der Waals surface area contributed by atoms with Crippen LogP contribution in [0.1, 0.15) is 26.2 Å². The Morgan fingerprint density at radius 3 is 2.67 bits per heavy atom. The van der Waals surface area contributed by atoms with E-state index in [2.05, 4.69) is 20.7 Å². The number of carbonyl (C=O) groups is 1. The van der Waals surface area contributed by atoms with Gasteiger partial charge in [0.05, 0.1) is 11.5 Å². The summed E-state index contributed by atoms with van der Waals surface area (Å²) in [5, 5.41) is 11.4. The van der Waals surface area contributed by atoms with Crippen molar-refractivity contribution in [1.29, 1.82) is 0 Å². The molecule has 0 saturated carbocycles. The molecule has 0 bridgehead atoms. The molecule has 0 unspecified atom stereocenters. The van der Waals surface area contributed by atoms with Crippen molar-refractivity contribution in [2.24, 2.45) is 0 Å². The zero-order valence-electron chi connectivity index (χ0n) is 13.1. The van der Waals surface area contributed by atoms with Gasteiger partial charge in [-0.3, -0.25) is 14.9 Å². The van der Waals surface area contributed by atoms with Gasteiger partial charge < -0.3 is 4.74 Å². The highest BCUT2D eigenvalue weighted by atomic mass is 79.9. The number of hydrogen-bond donors (Lipinski definition) is 1. The lowest BCUT2D eigenvalue weighted by molar-refractivity contribution is -0.387. The minimum atomic E-state index is -4.25. The van der Waals surface area contributed by atoms with E-state index in [4.69, 9.17) is 4.74 Å². The highest BCUT2D eigenvalue weighted by molar-refractivity contribution is 9.09. The van der Waals surface area contributed by atoms with Crippen molar-refractivity contribution in [2.75, 3.05) is 11.9 Å². The van der Waals surface area contributed by atoms with Crippen molar-refractivity contribution >= 4 is 37.6 Å². The molecule has 1 aromatic rings. The third kappa shape index (κ3) is 5.84. The van der Waals surface area contributed by atoms with Crippen LogP contribution in [0.25, 0.3) is 0 Å². The van der Waals surface area contributed by atoms with Crippen LogP contribution in [-0.2, 0) is 19.6 Å². The molecule has 1 N–H and O–H groups in total. The molecule has 0 radical (unpaired) electrons. The maximum absolute atomic E-state index is 12.4. The van der Waals surface area contributed by atoms with Gasteiger partial charge in [0, 0.05) is 11.4 Å². The lowest BCUT2D eigenvalue weighted by Gasteiger charge is -2.17. The van der Waals surface area contributed by atoms with Crippen LogP contribution in [0.4, 0.5) is 5.69 Å². The fourth-order valence-corrected chi connectivity index (χ4v) is 3.69. The second-order valence-electron chi connectivity index (χ2n) is 4.90. The molecule has 8 nitrogen and oxygen atoms in total. The molecule has 1 atom stereocenters. The fourth-order valence-electron chi connectivity index (χ4n) is 1.84. The Balaban J connectivity index is 3.00. The number of nitro groups is 1. The highest BCUT2D eigenvalue weighted by Crippen LogP contribution is 2.23. The van der Waals surface area contributed by atoms with Gasteiger partial charge in [0.1, 0.15) is 6.04 Å². The summed E-state index contributed by atoms with van der Waals surface area (Å²) in [5.74, 6) is -0.704. The maximum Gasteiger partial charge on any atom is 0.324 e. The molecule has 0 aromatic heterocycles. The predicted octanol–water partition coefficient (Wildman–Crippen LogP) is 2.37. The van der Waals surface area contributed by atoms with E-state index in [9.17, 15) is 23.3 Å². The number of esters is 1. The molecule has 0 aliphatic heterocycles. The number of carbonyl (C=O) groups excluding carboxylic acids is 1. The molecule has 0 amide bonds. The number of benzene rings is 1. The van der Waals surface area contributed by atoms with Crippen LogP contribution in [0.5, 0.6) is 0 Å². The minimum absolute atomic E-state index is 0.158. The topological polar surface area (TPSA) is 116 Å². The first kappa shape index (κ1) is 20.5. The van der Waals surface area contributed by atoms with Crippen LogP contribution in [-0.4, -0.2) is 37.3 Å². The molecule has 10 heteroatoms. The minimum Gasteiger partial charge on any atom is -0.465 e. The summed E-state index contributed by atoms with van der Waals surface area (Å²) in [6.07, 6.45) is 1.66. The third-order valence-corrected chi connectivity index (χ3v) is 5.05. The van der Waals surface area contributed by atoms with Crippen LogP contribution >= 0.6 is 15.9 Å². The Bertz CT molecular complexity index is 680. The van der Waals surface area contributed by atoms with E-state index in [1.807, 2.05) is 6.92 Å². The molecular weight excluding hydrogens is 404 g/mol. The number of halogens is 1. The molecule has 1 aromatic carbocycles. The van der Waals surface area contributed by atoms with Gasteiger partial charge in [0.15, 0.2) is 4.90 Å². The van der Waals surface area contributed by atoms with Crippen molar-refractivity contribution in [1.82, 2.24) is 4.72 Å². The third-order valence-electron chi connectivity index (χ3n) is 3.07. The molecule has 0 fully saturated rings. The summed E-state index contributed by atoms with van der Waals surface area (Å²) in [5.41, 5.74) is -0.554. The number of para-hydroxylation sites is 1. The number of nitro benzene ring substituents is 1. The number of nitrogens with zero attached hydrogens (tertiary/aromatic N) is 1. The second-order valence-corrected chi connectivity index (χ2v) is 7.37. The first-order valence-electron chi connectivity index (χ1n) is 7.31. The largest absolute Gasteiger partial charge is 0.465 e. The number of ether oxygens (including phenoxy) is 1. The Morgan fingerprint density at radius 2 is 2.08 bits per heavy atom. The second kappa shape index (κ2) is 9.70. The van der Waals surface area contributed by atoms with Gasteiger partial charge in [0.2, 0.25) is 10.0 Å². The van der Waals surface area contributed by atoms with E-state index in [-0.39, 0.29) is 13.0 Å². The fraction of sp³-hybridized carbons (Fsp3) is 0.500. The number of alkyl halides is 1. The van der Waals surface area contributed by atoms with Gasteiger partial charge in [-0.05, 0) is 18.9 Å². The number of hydrogen-bond acceptors (Lipinski definition) is 6. The molecule has 0 spiro atoms. The number of nitrogens with one attached hydrogen (secondary N) is 1. The zero-order chi connectivity index (χ0) is 18.2. The van der Waals surface area contributed by atoms with Crippen LogP contribution in [0.2, 0.25) is 0 Å².